The Morgan fingerprint density at radius 1 is 1.36 bits per heavy atom. The predicted octanol–water partition coefficient (Wildman–Crippen LogP) is 4.95. The maximum atomic E-state index is 11.7. The Labute approximate surface area is 172 Å². The average Bonchev–Trinajstić information content (AvgIpc) is 3.09. The summed E-state index contributed by atoms with van der Waals surface area (Å²) in [5.74, 6) is 0.269. The van der Waals surface area contributed by atoms with Crippen molar-refractivity contribution in [3.8, 4) is 0 Å². The molecule has 4 nitrogen and oxygen atoms in total. The third kappa shape index (κ3) is 3.50. The van der Waals surface area contributed by atoms with Crippen LogP contribution < -0.4 is 0 Å². The number of carbonyl (C=O) groups excluding carboxylic acids is 1. The maximum absolute atomic E-state index is 11.7. The second-order valence-electron chi connectivity index (χ2n) is 7.91. The molecule has 2 aliphatic heterocycles. The van der Waals surface area contributed by atoms with E-state index in [-0.39, 0.29) is 17.7 Å². The SMILES string of the molecule is CCOC(=O)CCCC1=CCC[C@@]23OC[C@@H](c4ccccc4)N2C(=S)CC[C@@H]13. The van der Waals surface area contributed by atoms with Crippen LogP contribution in [-0.2, 0) is 14.3 Å². The van der Waals surface area contributed by atoms with E-state index in [0.717, 1.165) is 43.5 Å². The lowest BCUT2D eigenvalue weighted by molar-refractivity contribution is -0.143. The minimum atomic E-state index is -0.302. The van der Waals surface area contributed by atoms with Crippen LogP contribution in [0.4, 0.5) is 0 Å². The van der Waals surface area contributed by atoms with Crippen LogP contribution in [0.5, 0.6) is 0 Å². The minimum absolute atomic E-state index is 0.0960. The molecular formula is C23H29NO3S. The molecule has 3 atom stereocenters. The Morgan fingerprint density at radius 2 is 2.18 bits per heavy atom. The molecule has 0 N–H and O–H groups in total. The van der Waals surface area contributed by atoms with Crippen LogP contribution in [0.2, 0.25) is 0 Å². The van der Waals surface area contributed by atoms with E-state index < -0.39 is 0 Å². The third-order valence-corrected chi connectivity index (χ3v) is 6.76. The van der Waals surface area contributed by atoms with Gasteiger partial charge in [-0.25, -0.2) is 0 Å². The van der Waals surface area contributed by atoms with Crippen LogP contribution in [0, 0.1) is 5.92 Å². The van der Waals surface area contributed by atoms with Gasteiger partial charge in [-0.3, -0.25) is 4.79 Å². The number of allylic oxidation sites excluding steroid dienone is 1. The average molecular weight is 400 g/mol. The standard InChI is InChI=1S/C23H29NO3S/c1-2-26-22(25)12-6-10-17-11-7-15-23-19(17)13-14-21(28)24(23)20(16-27-23)18-8-4-3-5-9-18/h3-5,8-9,11,19-20H,2,6-7,10,12-16H2,1H3/t19-,20-,23-/m0/s1. The molecule has 1 aromatic rings. The molecule has 1 spiro atoms. The van der Waals surface area contributed by atoms with Gasteiger partial charge in [0.1, 0.15) is 5.72 Å². The lowest BCUT2D eigenvalue weighted by atomic mass is 9.72. The lowest BCUT2D eigenvalue weighted by Gasteiger charge is -2.52. The van der Waals surface area contributed by atoms with Crippen molar-refractivity contribution in [3.63, 3.8) is 0 Å². The first kappa shape index (κ1) is 19.6. The molecule has 0 saturated carbocycles. The van der Waals surface area contributed by atoms with Gasteiger partial charge in [0.15, 0.2) is 0 Å². The highest BCUT2D eigenvalue weighted by Crippen LogP contribution is 2.53. The molecule has 28 heavy (non-hydrogen) atoms. The molecule has 2 fully saturated rings. The molecule has 3 aliphatic rings. The van der Waals surface area contributed by atoms with Gasteiger partial charge in [0.2, 0.25) is 0 Å². The molecule has 0 bridgehead atoms. The number of hydrogen-bond acceptors (Lipinski definition) is 4. The van der Waals surface area contributed by atoms with Crippen LogP contribution in [0.25, 0.3) is 0 Å². The number of thiocarbonyl (C=S) groups is 1. The number of carbonyl (C=O) groups is 1. The Balaban J connectivity index is 1.52. The normalized spacial score (nSPS) is 29.1. The van der Waals surface area contributed by atoms with Gasteiger partial charge < -0.3 is 14.4 Å². The van der Waals surface area contributed by atoms with Crippen LogP contribution in [0.1, 0.15) is 63.5 Å². The molecule has 5 heteroatoms. The molecule has 1 aromatic carbocycles. The van der Waals surface area contributed by atoms with E-state index in [9.17, 15) is 4.79 Å². The second kappa shape index (κ2) is 8.34. The molecule has 0 amide bonds. The van der Waals surface area contributed by atoms with Gasteiger partial charge in [-0.1, -0.05) is 54.2 Å². The first-order chi connectivity index (χ1) is 13.7. The number of hydrogen-bond donors (Lipinski definition) is 0. The molecule has 150 valence electrons. The fraction of sp³-hybridized carbons (Fsp3) is 0.565. The highest BCUT2D eigenvalue weighted by atomic mass is 32.1. The highest BCUT2D eigenvalue weighted by Gasteiger charge is 2.57. The number of benzene rings is 1. The monoisotopic (exact) mass is 399 g/mol. The lowest BCUT2D eigenvalue weighted by Crippen LogP contribution is -2.58. The van der Waals surface area contributed by atoms with Crippen LogP contribution >= 0.6 is 12.2 Å². The topological polar surface area (TPSA) is 38.8 Å². The third-order valence-electron chi connectivity index (χ3n) is 6.36. The molecule has 0 radical (unpaired) electrons. The second-order valence-corrected chi connectivity index (χ2v) is 8.38. The summed E-state index contributed by atoms with van der Waals surface area (Å²) in [6, 6.07) is 10.8. The zero-order valence-corrected chi connectivity index (χ0v) is 17.4. The molecule has 2 saturated heterocycles. The summed E-state index contributed by atoms with van der Waals surface area (Å²) in [6.07, 6.45) is 8.61. The van der Waals surface area contributed by atoms with E-state index >= 15 is 0 Å². The summed E-state index contributed by atoms with van der Waals surface area (Å²) in [4.78, 5) is 15.2. The molecule has 4 rings (SSSR count). The van der Waals surface area contributed by atoms with Crippen LogP contribution in [0.3, 0.4) is 0 Å². The maximum Gasteiger partial charge on any atom is 0.305 e. The van der Waals surface area contributed by atoms with E-state index in [0.29, 0.717) is 25.6 Å². The molecule has 1 aliphatic carbocycles. The first-order valence-corrected chi connectivity index (χ1v) is 10.9. The van der Waals surface area contributed by atoms with E-state index in [2.05, 4.69) is 41.3 Å². The summed E-state index contributed by atoms with van der Waals surface area (Å²) in [5, 5.41) is 0. The number of ether oxygens (including phenoxy) is 2. The van der Waals surface area contributed by atoms with Gasteiger partial charge in [-0.05, 0) is 51.0 Å². The van der Waals surface area contributed by atoms with Gasteiger partial charge in [0, 0.05) is 12.3 Å². The quantitative estimate of drug-likeness (QED) is 0.385. The summed E-state index contributed by atoms with van der Waals surface area (Å²) >= 11 is 5.84. The Bertz CT molecular complexity index is 762. The van der Waals surface area contributed by atoms with E-state index in [1.807, 2.05) is 6.92 Å². The summed E-state index contributed by atoms with van der Waals surface area (Å²) in [5.41, 5.74) is 2.42. The van der Waals surface area contributed by atoms with Gasteiger partial charge in [0.25, 0.3) is 0 Å². The minimum Gasteiger partial charge on any atom is -0.466 e. The fourth-order valence-electron chi connectivity index (χ4n) is 5.21. The van der Waals surface area contributed by atoms with Crippen molar-refractivity contribution in [2.45, 2.75) is 63.6 Å². The van der Waals surface area contributed by atoms with Gasteiger partial charge in [0.05, 0.1) is 24.2 Å². The van der Waals surface area contributed by atoms with Gasteiger partial charge in [-0.15, -0.1) is 0 Å². The van der Waals surface area contributed by atoms with Crippen molar-refractivity contribution in [1.29, 1.82) is 0 Å². The molecule has 0 unspecified atom stereocenters. The van der Waals surface area contributed by atoms with Crippen molar-refractivity contribution in [2.24, 2.45) is 5.92 Å². The summed E-state index contributed by atoms with van der Waals surface area (Å²) in [6.45, 7) is 3.00. The van der Waals surface area contributed by atoms with Crippen molar-refractivity contribution < 1.29 is 14.3 Å². The predicted molar refractivity (Wildman–Crippen MR) is 113 cm³/mol. The van der Waals surface area contributed by atoms with Crippen molar-refractivity contribution in [3.05, 3.63) is 47.5 Å². The largest absolute Gasteiger partial charge is 0.466 e. The fourth-order valence-corrected chi connectivity index (χ4v) is 5.61. The summed E-state index contributed by atoms with van der Waals surface area (Å²) < 4.78 is 11.7. The van der Waals surface area contributed by atoms with Crippen LogP contribution in [-0.4, -0.2) is 34.8 Å². The number of nitrogens with zero attached hydrogens (tertiary/aromatic N) is 1. The smallest absolute Gasteiger partial charge is 0.305 e. The van der Waals surface area contributed by atoms with E-state index in [4.69, 9.17) is 21.7 Å². The van der Waals surface area contributed by atoms with E-state index in [1.165, 1.54) is 11.1 Å². The Hall–Kier alpha value is -1.72. The van der Waals surface area contributed by atoms with Crippen molar-refractivity contribution >= 4 is 23.2 Å². The molecule has 2 heterocycles. The highest BCUT2D eigenvalue weighted by molar-refractivity contribution is 7.80. The molecule has 0 aromatic heterocycles. The van der Waals surface area contributed by atoms with Crippen molar-refractivity contribution in [1.82, 2.24) is 4.90 Å². The van der Waals surface area contributed by atoms with E-state index in [1.54, 1.807) is 0 Å². The number of esters is 1. The first-order valence-electron chi connectivity index (χ1n) is 10.5. The zero-order chi connectivity index (χ0) is 19.6. The Morgan fingerprint density at radius 3 is 2.96 bits per heavy atom. The van der Waals surface area contributed by atoms with Gasteiger partial charge >= 0.3 is 5.97 Å². The Kier molecular flexibility index (Phi) is 5.83. The number of piperidine rings is 1. The zero-order valence-electron chi connectivity index (χ0n) is 16.6. The van der Waals surface area contributed by atoms with Gasteiger partial charge in [-0.2, -0.15) is 0 Å². The van der Waals surface area contributed by atoms with Crippen LogP contribution in [0.15, 0.2) is 42.0 Å². The number of rotatable bonds is 6. The molecular weight excluding hydrogens is 370 g/mol. The van der Waals surface area contributed by atoms with Crippen molar-refractivity contribution in [2.75, 3.05) is 13.2 Å². The summed E-state index contributed by atoms with van der Waals surface area (Å²) in [7, 11) is 0.